The lowest BCUT2D eigenvalue weighted by molar-refractivity contribution is 1.57. The van der Waals surface area contributed by atoms with Crippen molar-refractivity contribution in [2.24, 2.45) is 9.98 Å². The lowest BCUT2D eigenvalue weighted by Crippen LogP contribution is -1.59. The highest BCUT2D eigenvalue weighted by atomic mass is 14.7. The van der Waals surface area contributed by atoms with Gasteiger partial charge in [0.1, 0.15) is 0 Å². The van der Waals surface area contributed by atoms with Gasteiger partial charge in [0, 0.05) is 24.8 Å². The minimum atomic E-state index is 1.47. The van der Waals surface area contributed by atoms with Gasteiger partial charge >= 0.3 is 0 Å². The van der Waals surface area contributed by atoms with Gasteiger partial charge in [0.05, 0.1) is 0 Å². The first kappa shape index (κ1) is 7.82. The molecule has 0 saturated carbocycles. The van der Waals surface area contributed by atoms with E-state index in [4.69, 9.17) is 0 Å². The number of rotatable bonds is 3. The number of aliphatic imine (C=N–C) groups is 2. The molecule has 0 spiro atoms. The Labute approximate surface area is 55.3 Å². The largest absolute Gasteiger partial charge is 0.269 e. The average Bonchev–Trinajstić information content (AvgIpc) is 1.89. The molecule has 0 bridgehead atoms. The molecule has 0 aromatic rings. The van der Waals surface area contributed by atoms with Gasteiger partial charge < -0.3 is 0 Å². The SMILES string of the molecule is C=C\N=C/C=C\N=C\C. The van der Waals surface area contributed by atoms with Crippen LogP contribution >= 0.6 is 0 Å². The van der Waals surface area contributed by atoms with Crippen molar-refractivity contribution in [3.05, 3.63) is 25.1 Å². The molecule has 0 saturated heterocycles. The Kier molecular flexibility index (Phi) is 5.93. The van der Waals surface area contributed by atoms with E-state index in [1.54, 1.807) is 24.7 Å². The summed E-state index contributed by atoms with van der Waals surface area (Å²) in [4.78, 5) is 7.53. The first-order valence-corrected chi connectivity index (χ1v) is 2.69. The Morgan fingerprint density at radius 3 is 2.67 bits per heavy atom. The fourth-order valence-corrected chi connectivity index (χ4v) is 0.285. The Morgan fingerprint density at radius 1 is 1.33 bits per heavy atom. The minimum absolute atomic E-state index is 1.47. The highest BCUT2D eigenvalue weighted by Gasteiger charge is 1.57. The van der Waals surface area contributed by atoms with Crippen molar-refractivity contribution in [1.29, 1.82) is 0 Å². The van der Waals surface area contributed by atoms with E-state index < -0.39 is 0 Å². The van der Waals surface area contributed by atoms with Crippen LogP contribution in [0, 0.1) is 0 Å². The molecule has 2 heteroatoms. The van der Waals surface area contributed by atoms with Crippen LogP contribution in [0.1, 0.15) is 6.92 Å². The van der Waals surface area contributed by atoms with E-state index in [1.165, 1.54) is 6.20 Å². The Morgan fingerprint density at radius 2 is 2.11 bits per heavy atom. The van der Waals surface area contributed by atoms with E-state index in [9.17, 15) is 0 Å². The van der Waals surface area contributed by atoms with Crippen molar-refractivity contribution in [1.82, 2.24) is 0 Å². The molecule has 0 N–H and O–H groups in total. The number of hydrogen-bond donors (Lipinski definition) is 0. The second kappa shape index (κ2) is 6.82. The lowest BCUT2D eigenvalue weighted by atomic mass is 10.6. The molecule has 0 fully saturated rings. The molecule has 0 aliphatic carbocycles. The number of nitrogens with zero attached hydrogens (tertiary/aromatic N) is 2. The summed E-state index contributed by atoms with van der Waals surface area (Å²) in [6.07, 6.45) is 8.20. The molecule has 0 aliphatic rings. The molecular formula is C7H10N2. The Bertz CT molecular complexity index is 143. The summed E-state index contributed by atoms with van der Waals surface area (Å²) >= 11 is 0. The second-order valence-corrected chi connectivity index (χ2v) is 1.23. The van der Waals surface area contributed by atoms with Crippen LogP contribution in [0.25, 0.3) is 0 Å². The van der Waals surface area contributed by atoms with Crippen molar-refractivity contribution < 1.29 is 0 Å². The van der Waals surface area contributed by atoms with Gasteiger partial charge in [-0.3, -0.25) is 9.98 Å². The van der Waals surface area contributed by atoms with E-state index in [0.717, 1.165) is 0 Å². The third kappa shape index (κ3) is 6.82. The third-order valence-electron chi connectivity index (χ3n) is 0.599. The van der Waals surface area contributed by atoms with Crippen molar-refractivity contribution in [2.45, 2.75) is 6.92 Å². The molecule has 48 valence electrons. The summed E-state index contributed by atoms with van der Waals surface area (Å²) in [5.41, 5.74) is 0. The van der Waals surface area contributed by atoms with Crippen LogP contribution in [0.4, 0.5) is 0 Å². The van der Waals surface area contributed by atoms with Gasteiger partial charge in [-0.2, -0.15) is 0 Å². The molecule has 0 atom stereocenters. The molecule has 0 radical (unpaired) electrons. The number of hydrogen-bond acceptors (Lipinski definition) is 2. The van der Waals surface area contributed by atoms with Gasteiger partial charge in [0.2, 0.25) is 0 Å². The fourth-order valence-electron chi connectivity index (χ4n) is 0.285. The van der Waals surface area contributed by atoms with Gasteiger partial charge in [-0.1, -0.05) is 6.58 Å². The van der Waals surface area contributed by atoms with Crippen LogP contribution in [-0.4, -0.2) is 12.4 Å². The summed E-state index contributed by atoms with van der Waals surface area (Å²) in [5.74, 6) is 0. The predicted molar refractivity (Wildman–Crippen MR) is 42.0 cm³/mol. The molecule has 0 aromatic heterocycles. The molecule has 0 amide bonds. The second-order valence-electron chi connectivity index (χ2n) is 1.23. The van der Waals surface area contributed by atoms with Crippen LogP contribution in [0.2, 0.25) is 0 Å². The van der Waals surface area contributed by atoms with Crippen LogP contribution in [0.15, 0.2) is 35.0 Å². The van der Waals surface area contributed by atoms with E-state index in [2.05, 4.69) is 16.6 Å². The van der Waals surface area contributed by atoms with E-state index in [-0.39, 0.29) is 0 Å². The van der Waals surface area contributed by atoms with Gasteiger partial charge in [0.25, 0.3) is 0 Å². The van der Waals surface area contributed by atoms with Crippen LogP contribution in [0.3, 0.4) is 0 Å². The normalized spacial score (nSPS) is 12.1. The first-order valence-electron chi connectivity index (χ1n) is 2.69. The lowest BCUT2D eigenvalue weighted by Gasteiger charge is -1.70. The van der Waals surface area contributed by atoms with Crippen molar-refractivity contribution in [2.75, 3.05) is 0 Å². The highest BCUT2D eigenvalue weighted by Crippen LogP contribution is 1.70. The molecular weight excluding hydrogens is 112 g/mol. The van der Waals surface area contributed by atoms with Crippen LogP contribution in [-0.2, 0) is 0 Å². The summed E-state index contributed by atoms with van der Waals surface area (Å²) in [6, 6.07) is 0. The Hall–Kier alpha value is -1.18. The van der Waals surface area contributed by atoms with Crippen molar-refractivity contribution >= 4 is 12.4 Å². The zero-order valence-corrected chi connectivity index (χ0v) is 5.49. The summed E-state index contributed by atoms with van der Waals surface area (Å²) in [5, 5.41) is 0. The fraction of sp³-hybridized carbons (Fsp3) is 0.143. The average molecular weight is 122 g/mol. The molecule has 0 rings (SSSR count). The van der Waals surface area contributed by atoms with Gasteiger partial charge in [0.15, 0.2) is 0 Å². The zero-order chi connectivity index (χ0) is 6.95. The standard InChI is InChI=1S/C7H10N2/c1-3-8-6-5-7-9-4-2/h3-7H,1H2,2H3/b7-5-,8-6-,9-4+. The zero-order valence-electron chi connectivity index (χ0n) is 5.49. The summed E-state index contributed by atoms with van der Waals surface area (Å²) in [6.45, 7) is 5.26. The van der Waals surface area contributed by atoms with E-state index in [1.807, 2.05) is 6.92 Å². The summed E-state index contributed by atoms with van der Waals surface area (Å²) in [7, 11) is 0. The maximum atomic E-state index is 3.81. The summed E-state index contributed by atoms with van der Waals surface area (Å²) < 4.78 is 0. The first-order chi connectivity index (χ1) is 4.41. The molecule has 0 unspecified atom stereocenters. The predicted octanol–water partition coefficient (Wildman–Crippen LogP) is 1.81. The van der Waals surface area contributed by atoms with Crippen LogP contribution in [0.5, 0.6) is 0 Å². The third-order valence-corrected chi connectivity index (χ3v) is 0.599. The molecule has 9 heavy (non-hydrogen) atoms. The van der Waals surface area contributed by atoms with Gasteiger partial charge in [-0.05, 0) is 13.0 Å². The topological polar surface area (TPSA) is 24.7 Å². The van der Waals surface area contributed by atoms with Gasteiger partial charge in [-0.15, -0.1) is 0 Å². The monoisotopic (exact) mass is 122 g/mol. The highest BCUT2D eigenvalue weighted by molar-refractivity contribution is 5.71. The van der Waals surface area contributed by atoms with E-state index in [0.29, 0.717) is 0 Å². The van der Waals surface area contributed by atoms with E-state index >= 15 is 0 Å². The van der Waals surface area contributed by atoms with Gasteiger partial charge in [-0.25, -0.2) is 0 Å². The van der Waals surface area contributed by atoms with Crippen molar-refractivity contribution in [3.63, 3.8) is 0 Å². The number of allylic oxidation sites excluding steroid dienone is 1. The quantitative estimate of drug-likeness (QED) is 0.510. The molecule has 0 heterocycles. The Balaban J connectivity index is 3.46. The molecule has 0 aliphatic heterocycles. The smallest absolute Gasteiger partial charge is 0.0282 e. The van der Waals surface area contributed by atoms with Crippen LogP contribution < -0.4 is 0 Å². The molecule has 0 aromatic carbocycles. The maximum Gasteiger partial charge on any atom is 0.0282 e. The molecule has 2 nitrogen and oxygen atoms in total. The van der Waals surface area contributed by atoms with Crippen molar-refractivity contribution in [3.8, 4) is 0 Å². The minimum Gasteiger partial charge on any atom is -0.269 e. The maximum absolute atomic E-state index is 3.81.